The molecule has 1 saturated heterocycles. The monoisotopic (exact) mass is 211 g/mol. The van der Waals surface area contributed by atoms with E-state index >= 15 is 0 Å². The Bertz CT molecular complexity index is 257. The first-order valence-electron chi connectivity index (χ1n) is 5.18. The Balaban J connectivity index is 2.52. The van der Waals surface area contributed by atoms with Gasteiger partial charge in [-0.3, -0.25) is 0 Å². The van der Waals surface area contributed by atoms with Gasteiger partial charge >= 0.3 is 0 Å². The molecule has 1 fully saturated rings. The summed E-state index contributed by atoms with van der Waals surface area (Å²) in [4.78, 5) is 0. The highest BCUT2D eigenvalue weighted by Gasteiger charge is 2.33. The van der Waals surface area contributed by atoms with Gasteiger partial charge in [0.1, 0.15) is 0 Å². The Labute approximate surface area is 89.8 Å². The summed E-state index contributed by atoms with van der Waals surface area (Å²) >= 11 is 0. The second kappa shape index (κ2) is 5.86. The third-order valence-electron chi connectivity index (χ3n) is 2.54. The minimum Gasteiger partial charge on any atom is -0.390 e. The van der Waals surface area contributed by atoms with Crippen molar-refractivity contribution in [3.05, 3.63) is 12.2 Å². The molecule has 4 nitrogen and oxygen atoms in total. The quantitative estimate of drug-likeness (QED) is 0.668. The molecular formula is C11H17NO3. The maximum Gasteiger partial charge on any atom is 0.0830 e. The van der Waals surface area contributed by atoms with Crippen LogP contribution in [0.2, 0.25) is 0 Å². The SMILES string of the molecule is CC(O)/C=C/C1OCC(O)C1CCC#N. The zero-order valence-corrected chi connectivity index (χ0v) is 8.84. The fourth-order valence-electron chi connectivity index (χ4n) is 1.73. The van der Waals surface area contributed by atoms with Crippen LogP contribution < -0.4 is 0 Å². The normalized spacial score (nSPS) is 33.1. The Morgan fingerprint density at radius 3 is 3.00 bits per heavy atom. The van der Waals surface area contributed by atoms with Crippen LogP contribution in [0.15, 0.2) is 12.2 Å². The van der Waals surface area contributed by atoms with Crippen molar-refractivity contribution in [2.75, 3.05) is 6.61 Å². The van der Waals surface area contributed by atoms with Gasteiger partial charge in [0.25, 0.3) is 0 Å². The summed E-state index contributed by atoms with van der Waals surface area (Å²) in [6, 6.07) is 2.06. The van der Waals surface area contributed by atoms with E-state index in [1.165, 1.54) is 0 Å². The molecular weight excluding hydrogens is 194 g/mol. The van der Waals surface area contributed by atoms with Gasteiger partial charge in [0, 0.05) is 12.3 Å². The van der Waals surface area contributed by atoms with Crippen molar-refractivity contribution < 1.29 is 14.9 Å². The summed E-state index contributed by atoms with van der Waals surface area (Å²) in [7, 11) is 0. The van der Waals surface area contributed by atoms with Crippen LogP contribution in [0, 0.1) is 17.2 Å². The Kier molecular flexibility index (Phi) is 4.76. The molecule has 2 N–H and O–H groups in total. The van der Waals surface area contributed by atoms with Crippen LogP contribution in [0.4, 0.5) is 0 Å². The van der Waals surface area contributed by atoms with Gasteiger partial charge in [0.2, 0.25) is 0 Å². The molecule has 0 spiro atoms. The second-order valence-electron chi connectivity index (χ2n) is 3.85. The lowest BCUT2D eigenvalue weighted by atomic mass is 9.93. The first-order valence-corrected chi connectivity index (χ1v) is 5.18. The van der Waals surface area contributed by atoms with Crippen LogP contribution in [0.1, 0.15) is 19.8 Å². The molecule has 4 unspecified atom stereocenters. The molecule has 0 aliphatic carbocycles. The average Bonchev–Trinajstić information content (AvgIpc) is 2.53. The maximum atomic E-state index is 9.62. The van der Waals surface area contributed by atoms with E-state index in [0.717, 1.165) is 0 Å². The molecule has 15 heavy (non-hydrogen) atoms. The van der Waals surface area contributed by atoms with Crippen LogP contribution in [-0.2, 0) is 4.74 Å². The van der Waals surface area contributed by atoms with E-state index in [1.807, 2.05) is 0 Å². The van der Waals surface area contributed by atoms with Gasteiger partial charge < -0.3 is 14.9 Å². The molecule has 84 valence electrons. The number of hydrogen-bond acceptors (Lipinski definition) is 4. The molecule has 0 saturated carbocycles. The van der Waals surface area contributed by atoms with Crippen LogP contribution in [0.5, 0.6) is 0 Å². The summed E-state index contributed by atoms with van der Waals surface area (Å²) in [6.45, 7) is 1.97. The first kappa shape index (κ1) is 12.2. The summed E-state index contributed by atoms with van der Waals surface area (Å²) in [6.07, 6.45) is 3.27. The largest absolute Gasteiger partial charge is 0.390 e. The lowest BCUT2D eigenvalue weighted by molar-refractivity contribution is 0.107. The van der Waals surface area contributed by atoms with E-state index in [1.54, 1.807) is 19.1 Å². The number of hydrogen-bond donors (Lipinski definition) is 2. The fraction of sp³-hybridized carbons (Fsp3) is 0.727. The molecule has 4 heteroatoms. The van der Waals surface area contributed by atoms with Gasteiger partial charge in [-0.15, -0.1) is 0 Å². The van der Waals surface area contributed by atoms with Crippen LogP contribution in [0.3, 0.4) is 0 Å². The van der Waals surface area contributed by atoms with E-state index < -0.39 is 12.2 Å². The fourth-order valence-corrected chi connectivity index (χ4v) is 1.73. The van der Waals surface area contributed by atoms with E-state index in [0.29, 0.717) is 19.4 Å². The lowest BCUT2D eigenvalue weighted by Crippen LogP contribution is -2.22. The predicted octanol–water partition coefficient (Wildman–Crippen LogP) is 0.603. The van der Waals surface area contributed by atoms with Gasteiger partial charge in [-0.1, -0.05) is 12.2 Å². The summed E-state index contributed by atoms with van der Waals surface area (Å²) in [5, 5.41) is 27.2. The van der Waals surface area contributed by atoms with Crippen molar-refractivity contribution >= 4 is 0 Å². The molecule has 0 aromatic carbocycles. The van der Waals surface area contributed by atoms with Crippen LogP contribution in [-0.4, -0.2) is 35.1 Å². The van der Waals surface area contributed by atoms with Gasteiger partial charge in [-0.25, -0.2) is 0 Å². The zero-order chi connectivity index (χ0) is 11.3. The van der Waals surface area contributed by atoms with Crippen molar-refractivity contribution in [1.29, 1.82) is 5.26 Å². The summed E-state index contributed by atoms with van der Waals surface area (Å²) < 4.78 is 5.37. The Morgan fingerprint density at radius 2 is 2.40 bits per heavy atom. The first-order chi connectivity index (χ1) is 7.15. The predicted molar refractivity (Wildman–Crippen MR) is 54.9 cm³/mol. The van der Waals surface area contributed by atoms with Crippen molar-refractivity contribution in [3.8, 4) is 6.07 Å². The molecule has 0 bridgehead atoms. The van der Waals surface area contributed by atoms with Crippen molar-refractivity contribution in [1.82, 2.24) is 0 Å². The van der Waals surface area contributed by atoms with Gasteiger partial charge in [0.15, 0.2) is 0 Å². The van der Waals surface area contributed by atoms with Crippen LogP contribution in [0.25, 0.3) is 0 Å². The third kappa shape index (κ3) is 3.63. The number of nitriles is 1. The molecule has 4 atom stereocenters. The highest BCUT2D eigenvalue weighted by Crippen LogP contribution is 2.26. The summed E-state index contributed by atoms with van der Waals surface area (Å²) in [5.41, 5.74) is 0. The van der Waals surface area contributed by atoms with Gasteiger partial charge in [-0.2, -0.15) is 5.26 Å². The van der Waals surface area contributed by atoms with E-state index in [4.69, 9.17) is 15.1 Å². The minimum atomic E-state index is -0.511. The van der Waals surface area contributed by atoms with Crippen molar-refractivity contribution in [2.24, 2.45) is 5.92 Å². The smallest absolute Gasteiger partial charge is 0.0830 e. The maximum absolute atomic E-state index is 9.62. The Hall–Kier alpha value is -0.890. The lowest BCUT2D eigenvalue weighted by Gasteiger charge is -2.16. The number of nitrogens with zero attached hydrogens (tertiary/aromatic N) is 1. The molecule has 1 heterocycles. The summed E-state index contributed by atoms with van der Waals surface area (Å²) in [5.74, 6) is -0.0281. The number of rotatable bonds is 4. The number of aliphatic hydroxyl groups is 2. The molecule has 0 aromatic rings. The number of ether oxygens (including phenoxy) is 1. The third-order valence-corrected chi connectivity index (χ3v) is 2.54. The van der Waals surface area contributed by atoms with Gasteiger partial charge in [-0.05, 0) is 13.3 Å². The van der Waals surface area contributed by atoms with Crippen LogP contribution >= 0.6 is 0 Å². The van der Waals surface area contributed by atoms with E-state index in [2.05, 4.69) is 6.07 Å². The minimum absolute atomic E-state index is 0.0281. The Morgan fingerprint density at radius 1 is 1.67 bits per heavy atom. The molecule has 0 aromatic heterocycles. The van der Waals surface area contributed by atoms with E-state index in [9.17, 15) is 5.11 Å². The van der Waals surface area contributed by atoms with Gasteiger partial charge in [0.05, 0.1) is 31.0 Å². The molecule has 0 radical (unpaired) electrons. The van der Waals surface area contributed by atoms with Crippen molar-refractivity contribution in [3.63, 3.8) is 0 Å². The molecule has 1 aliphatic heterocycles. The second-order valence-corrected chi connectivity index (χ2v) is 3.85. The molecule has 1 aliphatic rings. The molecule has 0 amide bonds. The highest BCUT2D eigenvalue weighted by atomic mass is 16.5. The van der Waals surface area contributed by atoms with Crippen molar-refractivity contribution in [2.45, 2.75) is 38.1 Å². The topological polar surface area (TPSA) is 73.5 Å². The van der Waals surface area contributed by atoms with E-state index in [-0.39, 0.29) is 12.0 Å². The molecule has 1 rings (SSSR count). The number of aliphatic hydroxyl groups excluding tert-OH is 2. The highest BCUT2D eigenvalue weighted by molar-refractivity contribution is 5.00. The zero-order valence-electron chi connectivity index (χ0n) is 8.84. The average molecular weight is 211 g/mol. The standard InChI is InChI=1S/C11H17NO3/c1-8(13)4-5-11-9(3-2-6-12)10(14)7-15-11/h4-5,8-11,13-14H,2-3,7H2,1H3/b5-4+.